The van der Waals surface area contributed by atoms with Crippen LogP contribution in [0.1, 0.15) is 37.6 Å². The third kappa shape index (κ3) is 5.88. The first-order valence-electron chi connectivity index (χ1n) is 10.3. The van der Waals surface area contributed by atoms with Gasteiger partial charge < -0.3 is 16.0 Å². The van der Waals surface area contributed by atoms with Gasteiger partial charge in [-0.25, -0.2) is 9.48 Å². The van der Waals surface area contributed by atoms with Crippen LogP contribution in [0.5, 0.6) is 0 Å². The molecule has 0 aliphatic heterocycles. The molecule has 32 heavy (non-hydrogen) atoms. The summed E-state index contributed by atoms with van der Waals surface area (Å²) in [6.07, 6.45) is 0. The highest BCUT2D eigenvalue weighted by atomic mass is 35.5. The molecule has 0 fully saturated rings. The number of anilines is 2. The lowest BCUT2D eigenvalue weighted by molar-refractivity contribution is -0.115. The summed E-state index contributed by atoms with van der Waals surface area (Å²) in [6, 6.07) is 14.1. The number of benzene rings is 2. The largest absolute Gasteiger partial charge is 0.329 e. The summed E-state index contributed by atoms with van der Waals surface area (Å²) in [7, 11) is 0. The molecule has 168 valence electrons. The number of hydrogen-bond acceptors (Lipinski definition) is 3. The summed E-state index contributed by atoms with van der Waals surface area (Å²) in [5.74, 6) is 0.189. The number of nitrogens with one attached hydrogen (secondary N) is 3. The third-order valence-corrected chi connectivity index (χ3v) is 5.09. The molecule has 0 unspecified atom stereocenters. The molecule has 0 spiro atoms. The Kier molecular flexibility index (Phi) is 6.89. The summed E-state index contributed by atoms with van der Waals surface area (Å²) >= 11 is 5.84. The molecule has 3 amide bonds. The molecule has 0 radical (unpaired) electrons. The van der Waals surface area contributed by atoms with Crippen molar-refractivity contribution in [2.24, 2.45) is 0 Å². The second-order valence-corrected chi connectivity index (χ2v) is 9.17. The van der Waals surface area contributed by atoms with Gasteiger partial charge in [0.05, 0.1) is 17.9 Å². The van der Waals surface area contributed by atoms with E-state index in [2.05, 4.69) is 42.8 Å². The van der Waals surface area contributed by atoms with Crippen molar-refractivity contribution in [1.29, 1.82) is 0 Å². The van der Waals surface area contributed by atoms with Crippen molar-refractivity contribution in [3.05, 3.63) is 70.4 Å². The van der Waals surface area contributed by atoms with Gasteiger partial charge in [-0.3, -0.25) is 4.79 Å². The predicted octanol–water partition coefficient (Wildman–Crippen LogP) is 5.20. The van der Waals surface area contributed by atoms with E-state index in [1.165, 1.54) is 0 Å². The van der Waals surface area contributed by atoms with Crippen LogP contribution in [0.2, 0.25) is 5.02 Å². The van der Waals surface area contributed by atoms with Gasteiger partial charge in [0, 0.05) is 22.2 Å². The van der Waals surface area contributed by atoms with Crippen LogP contribution < -0.4 is 16.0 Å². The number of carbonyl (C=O) groups excluding carboxylic acids is 2. The van der Waals surface area contributed by atoms with Crippen molar-refractivity contribution >= 4 is 35.0 Å². The lowest BCUT2D eigenvalue weighted by Crippen LogP contribution is -2.36. The summed E-state index contributed by atoms with van der Waals surface area (Å²) in [4.78, 5) is 24.7. The van der Waals surface area contributed by atoms with Gasteiger partial charge in [-0.1, -0.05) is 50.1 Å². The summed E-state index contributed by atoms with van der Waals surface area (Å²) < 4.78 is 1.74. The Morgan fingerprint density at radius 2 is 1.69 bits per heavy atom. The van der Waals surface area contributed by atoms with E-state index in [9.17, 15) is 9.59 Å². The molecular formula is C24H28ClN5O2. The first-order chi connectivity index (χ1) is 15.0. The zero-order valence-electron chi connectivity index (χ0n) is 18.9. The van der Waals surface area contributed by atoms with Gasteiger partial charge in [0.15, 0.2) is 0 Å². The average Bonchev–Trinajstić information content (AvgIpc) is 3.12. The van der Waals surface area contributed by atoms with Gasteiger partial charge in [0.25, 0.3) is 0 Å². The molecule has 0 bridgehead atoms. The quantitative estimate of drug-likeness (QED) is 0.496. The first kappa shape index (κ1) is 23.3. The van der Waals surface area contributed by atoms with E-state index in [4.69, 9.17) is 16.7 Å². The van der Waals surface area contributed by atoms with Crippen molar-refractivity contribution in [2.45, 2.75) is 40.0 Å². The maximum atomic E-state index is 12.6. The molecule has 0 aliphatic carbocycles. The number of hydrogen-bond donors (Lipinski definition) is 3. The summed E-state index contributed by atoms with van der Waals surface area (Å²) in [6.45, 7) is 10.0. The topological polar surface area (TPSA) is 88.1 Å². The zero-order valence-corrected chi connectivity index (χ0v) is 19.7. The second-order valence-electron chi connectivity index (χ2n) is 8.73. The van der Waals surface area contributed by atoms with Crippen LogP contribution in [0.4, 0.5) is 16.3 Å². The first-order valence-corrected chi connectivity index (χ1v) is 10.7. The second kappa shape index (κ2) is 9.44. The molecule has 1 aromatic heterocycles. The fourth-order valence-electron chi connectivity index (χ4n) is 3.12. The molecule has 3 aromatic rings. The monoisotopic (exact) mass is 453 g/mol. The predicted molar refractivity (Wildman–Crippen MR) is 129 cm³/mol. The molecule has 2 aromatic carbocycles. The standard InChI is InChI=1S/C24H28ClN5O2/c1-15-6-11-19(16(2)12-15)30-21(13-20(29-30)24(3,4)5)28-22(31)14-26-23(32)27-18-9-7-17(25)8-10-18/h6-13H,14H2,1-5H3,(H,28,31)(H2,26,27,32). The minimum Gasteiger partial charge on any atom is -0.329 e. The number of aryl methyl sites for hydroxylation is 2. The molecule has 0 atom stereocenters. The highest BCUT2D eigenvalue weighted by Crippen LogP contribution is 2.27. The van der Waals surface area contributed by atoms with E-state index in [1.54, 1.807) is 28.9 Å². The minimum absolute atomic E-state index is 0.192. The van der Waals surface area contributed by atoms with Crippen LogP contribution >= 0.6 is 11.6 Å². The van der Waals surface area contributed by atoms with Crippen molar-refractivity contribution in [2.75, 3.05) is 17.2 Å². The van der Waals surface area contributed by atoms with Gasteiger partial charge in [-0.15, -0.1) is 0 Å². The van der Waals surface area contributed by atoms with Crippen LogP contribution in [-0.2, 0) is 10.2 Å². The Balaban J connectivity index is 1.72. The molecule has 0 saturated carbocycles. The van der Waals surface area contributed by atoms with Crippen LogP contribution in [-0.4, -0.2) is 28.3 Å². The van der Waals surface area contributed by atoms with E-state index in [0.29, 0.717) is 16.5 Å². The maximum absolute atomic E-state index is 12.6. The van der Waals surface area contributed by atoms with E-state index in [1.807, 2.05) is 32.0 Å². The molecule has 0 aliphatic rings. The molecule has 8 heteroatoms. The van der Waals surface area contributed by atoms with Crippen LogP contribution in [0.25, 0.3) is 5.69 Å². The van der Waals surface area contributed by atoms with E-state index in [-0.39, 0.29) is 17.9 Å². The number of rotatable bonds is 5. The molecule has 1 heterocycles. The van der Waals surface area contributed by atoms with E-state index < -0.39 is 6.03 Å². The molecule has 0 saturated heterocycles. The molecular weight excluding hydrogens is 426 g/mol. The van der Waals surface area contributed by atoms with Gasteiger partial charge in [-0.05, 0) is 49.7 Å². The number of halogens is 1. The number of amides is 3. The fourth-order valence-corrected chi connectivity index (χ4v) is 3.25. The SMILES string of the molecule is Cc1ccc(-n2nc(C(C)(C)C)cc2NC(=O)CNC(=O)Nc2ccc(Cl)cc2)c(C)c1. The average molecular weight is 454 g/mol. The highest BCUT2D eigenvalue weighted by molar-refractivity contribution is 6.30. The number of carbonyl (C=O) groups is 2. The van der Waals surface area contributed by atoms with Gasteiger partial charge in [0.2, 0.25) is 5.91 Å². The van der Waals surface area contributed by atoms with Crippen molar-refractivity contribution in [1.82, 2.24) is 15.1 Å². The smallest absolute Gasteiger partial charge is 0.319 e. The van der Waals surface area contributed by atoms with Gasteiger partial charge in [-0.2, -0.15) is 5.10 Å². The van der Waals surface area contributed by atoms with Gasteiger partial charge >= 0.3 is 6.03 Å². The van der Waals surface area contributed by atoms with E-state index in [0.717, 1.165) is 22.5 Å². The lowest BCUT2D eigenvalue weighted by atomic mass is 9.92. The Morgan fingerprint density at radius 3 is 2.31 bits per heavy atom. The zero-order chi connectivity index (χ0) is 23.5. The molecule has 7 nitrogen and oxygen atoms in total. The van der Waals surface area contributed by atoms with Crippen LogP contribution in [0.15, 0.2) is 48.5 Å². The number of urea groups is 1. The van der Waals surface area contributed by atoms with Crippen molar-refractivity contribution < 1.29 is 9.59 Å². The molecule has 3 N–H and O–H groups in total. The Bertz CT molecular complexity index is 1130. The fraction of sp³-hybridized carbons (Fsp3) is 0.292. The maximum Gasteiger partial charge on any atom is 0.319 e. The Hall–Kier alpha value is -3.32. The van der Waals surface area contributed by atoms with Crippen LogP contribution in [0.3, 0.4) is 0 Å². The number of nitrogens with zero attached hydrogens (tertiary/aromatic N) is 2. The van der Waals surface area contributed by atoms with Crippen LogP contribution in [0, 0.1) is 13.8 Å². The highest BCUT2D eigenvalue weighted by Gasteiger charge is 2.22. The molecule has 3 rings (SSSR count). The van der Waals surface area contributed by atoms with E-state index >= 15 is 0 Å². The van der Waals surface area contributed by atoms with Crippen molar-refractivity contribution in [3.8, 4) is 5.69 Å². The number of aromatic nitrogens is 2. The normalized spacial score (nSPS) is 11.2. The Labute approximate surface area is 193 Å². The van der Waals surface area contributed by atoms with Crippen molar-refractivity contribution in [3.63, 3.8) is 0 Å². The third-order valence-electron chi connectivity index (χ3n) is 4.84. The van der Waals surface area contributed by atoms with Gasteiger partial charge in [0.1, 0.15) is 5.82 Å². The lowest BCUT2D eigenvalue weighted by Gasteiger charge is -2.14. The summed E-state index contributed by atoms with van der Waals surface area (Å²) in [5, 5.41) is 13.4. The summed E-state index contributed by atoms with van der Waals surface area (Å²) in [5.41, 5.74) is 4.31. The minimum atomic E-state index is -0.485. The Morgan fingerprint density at radius 1 is 1.00 bits per heavy atom.